The maximum atomic E-state index is 12.9. The Bertz CT molecular complexity index is 574. The van der Waals surface area contributed by atoms with Gasteiger partial charge in [0.25, 0.3) is 5.91 Å². The van der Waals surface area contributed by atoms with Gasteiger partial charge in [0.2, 0.25) is 0 Å². The van der Waals surface area contributed by atoms with Gasteiger partial charge in [-0.1, -0.05) is 27.7 Å². The molecule has 0 atom stereocenters. The summed E-state index contributed by atoms with van der Waals surface area (Å²) < 4.78 is 12.9. The highest BCUT2D eigenvalue weighted by Crippen LogP contribution is 2.58. The fraction of sp³-hybridized carbons (Fsp3) is 0.562. The third-order valence-electron chi connectivity index (χ3n) is 4.10. The van der Waals surface area contributed by atoms with Gasteiger partial charge in [-0.25, -0.2) is 5.43 Å². The smallest absolute Gasteiger partial charge is 0.271 e. The summed E-state index contributed by atoms with van der Waals surface area (Å²) in [6.45, 7) is 9.84. The van der Waals surface area contributed by atoms with E-state index in [-0.39, 0.29) is 11.1 Å². The summed E-state index contributed by atoms with van der Waals surface area (Å²) >= 11 is 0. The molecule has 1 N–H and O–H groups in total. The van der Waals surface area contributed by atoms with Crippen LogP contribution >= 0.6 is 7.14 Å². The molecule has 1 aromatic rings. The molecule has 0 radical (unpaired) electrons. The van der Waals surface area contributed by atoms with E-state index in [1.807, 2.05) is 34.6 Å². The quantitative estimate of drug-likeness (QED) is 0.472. The van der Waals surface area contributed by atoms with Gasteiger partial charge >= 0.3 is 0 Å². The highest BCUT2D eigenvalue weighted by atomic mass is 31.2. The minimum absolute atomic E-state index is 0.270. The number of nitrogens with zero attached hydrogens (tertiary/aromatic N) is 2. The van der Waals surface area contributed by atoms with Crippen LogP contribution in [0.1, 0.15) is 51.4 Å². The summed E-state index contributed by atoms with van der Waals surface area (Å²) in [5, 5.41) is 3.83. The zero-order valence-electron chi connectivity index (χ0n) is 14.1. The van der Waals surface area contributed by atoms with Gasteiger partial charge in [-0.2, -0.15) is 5.10 Å². The Labute approximate surface area is 133 Å². The number of amides is 1. The first-order valence-corrected chi connectivity index (χ1v) is 9.65. The van der Waals surface area contributed by atoms with Crippen molar-refractivity contribution in [3.8, 4) is 0 Å². The van der Waals surface area contributed by atoms with E-state index >= 15 is 0 Å². The second-order valence-electron chi connectivity index (χ2n) is 6.03. The largest absolute Gasteiger partial charge is 0.323 e. The second-order valence-corrected chi connectivity index (χ2v) is 10.3. The molecule has 122 valence electrons. The van der Waals surface area contributed by atoms with Gasteiger partial charge < -0.3 is 4.57 Å². The zero-order chi connectivity index (χ0) is 16.8. The van der Waals surface area contributed by atoms with E-state index in [4.69, 9.17) is 0 Å². The van der Waals surface area contributed by atoms with Crippen molar-refractivity contribution < 1.29 is 9.36 Å². The molecular weight excluding hydrogens is 297 g/mol. The van der Waals surface area contributed by atoms with Gasteiger partial charge in [0.05, 0.1) is 7.14 Å². The van der Waals surface area contributed by atoms with Crippen LogP contribution in [-0.4, -0.2) is 34.1 Å². The van der Waals surface area contributed by atoms with E-state index in [0.29, 0.717) is 24.3 Å². The summed E-state index contributed by atoms with van der Waals surface area (Å²) in [4.78, 5) is 15.8. The summed E-state index contributed by atoms with van der Waals surface area (Å²) in [7, 11) is -2.25. The maximum Gasteiger partial charge on any atom is 0.271 e. The van der Waals surface area contributed by atoms with E-state index in [0.717, 1.165) is 5.71 Å². The first-order chi connectivity index (χ1) is 10.3. The summed E-state index contributed by atoms with van der Waals surface area (Å²) in [5.41, 5.74) is 3.83. The Balaban J connectivity index is 2.74. The van der Waals surface area contributed by atoms with Gasteiger partial charge in [0.1, 0.15) is 0 Å². The molecule has 0 fully saturated rings. The van der Waals surface area contributed by atoms with E-state index in [9.17, 15) is 9.36 Å². The summed E-state index contributed by atoms with van der Waals surface area (Å²) in [6.07, 6.45) is 5.10. The van der Waals surface area contributed by atoms with Crippen molar-refractivity contribution in [3.05, 3.63) is 30.1 Å². The van der Waals surface area contributed by atoms with Crippen LogP contribution in [0.4, 0.5) is 0 Å². The van der Waals surface area contributed by atoms with Crippen LogP contribution in [0.5, 0.6) is 0 Å². The van der Waals surface area contributed by atoms with Gasteiger partial charge in [0, 0.05) is 28.8 Å². The Morgan fingerprint density at radius 3 is 2.32 bits per heavy atom. The fourth-order valence-electron chi connectivity index (χ4n) is 2.60. The normalized spacial score (nSPS) is 13.0. The van der Waals surface area contributed by atoms with E-state index in [2.05, 4.69) is 15.5 Å². The lowest BCUT2D eigenvalue weighted by molar-refractivity contribution is 0.0954. The van der Waals surface area contributed by atoms with Crippen LogP contribution in [-0.2, 0) is 4.57 Å². The van der Waals surface area contributed by atoms with Crippen molar-refractivity contribution >= 4 is 18.8 Å². The van der Waals surface area contributed by atoms with Crippen molar-refractivity contribution in [2.75, 3.05) is 12.3 Å². The minimum atomic E-state index is -2.25. The summed E-state index contributed by atoms with van der Waals surface area (Å²) in [6, 6.07) is 3.26. The van der Waals surface area contributed by atoms with Crippen LogP contribution in [0.25, 0.3) is 0 Å². The van der Waals surface area contributed by atoms with Crippen molar-refractivity contribution in [1.82, 2.24) is 10.4 Å². The van der Waals surface area contributed by atoms with Crippen molar-refractivity contribution in [1.29, 1.82) is 0 Å². The van der Waals surface area contributed by atoms with Crippen LogP contribution in [0.15, 0.2) is 29.6 Å². The molecule has 0 saturated heterocycles. The Morgan fingerprint density at radius 1 is 1.27 bits per heavy atom. The van der Waals surface area contributed by atoms with Gasteiger partial charge in [-0.3, -0.25) is 9.78 Å². The molecule has 0 bridgehead atoms. The van der Waals surface area contributed by atoms with Gasteiger partial charge in [-0.15, -0.1) is 0 Å². The number of hydrazone groups is 1. The van der Waals surface area contributed by atoms with Crippen molar-refractivity contribution in [2.24, 2.45) is 5.10 Å². The van der Waals surface area contributed by atoms with Crippen LogP contribution in [0.2, 0.25) is 0 Å². The molecule has 5 nitrogen and oxygen atoms in total. The van der Waals surface area contributed by atoms with E-state index in [1.165, 1.54) is 0 Å². The number of pyridine rings is 1. The maximum absolute atomic E-state index is 12.9. The number of hydrogen-bond acceptors (Lipinski definition) is 4. The minimum Gasteiger partial charge on any atom is -0.323 e. The average molecular weight is 323 g/mol. The molecule has 1 aromatic heterocycles. The number of carbonyl (C=O) groups is 1. The van der Waals surface area contributed by atoms with Gasteiger partial charge in [-0.05, 0) is 37.8 Å². The number of nitrogens with one attached hydrogen (secondary N) is 1. The van der Waals surface area contributed by atoms with Crippen molar-refractivity contribution in [3.63, 3.8) is 0 Å². The SMILES string of the molecule is CCP(=O)(CC)C(C)(C)C/C(C)=N/NC(=O)c1ccncc1. The second kappa shape index (κ2) is 7.68. The van der Waals surface area contributed by atoms with Crippen LogP contribution in [0.3, 0.4) is 0 Å². The molecule has 0 spiro atoms. The molecule has 22 heavy (non-hydrogen) atoms. The third-order valence-corrected chi connectivity index (χ3v) is 8.51. The lowest BCUT2D eigenvalue weighted by atomic mass is 10.1. The number of rotatable bonds is 7. The third kappa shape index (κ3) is 4.51. The Hall–Kier alpha value is -1.48. The van der Waals surface area contributed by atoms with Gasteiger partial charge in [0.15, 0.2) is 0 Å². The van der Waals surface area contributed by atoms with Crippen LogP contribution in [0, 0.1) is 0 Å². The molecule has 1 amide bonds. The predicted molar refractivity (Wildman–Crippen MR) is 92.2 cm³/mol. The molecule has 0 aromatic carbocycles. The highest BCUT2D eigenvalue weighted by molar-refractivity contribution is 7.65. The van der Waals surface area contributed by atoms with E-state index < -0.39 is 7.14 Å². The Kier molecular flexibility index (Phi) is 6.48. The standard InChI is InChI=1S/C16H26N3O2P/c1-6-22(21,7-2)16(4,5)12-13(3)18-19-15(20)14-8-10-17-11-9-14/h8-11H,6-7,12H2,1-5H3,(H,19,20)/b18-13+. The Morgan fingerprint density at radius 2 is 1.82 bits per heavy atom. The van der Waals surface area contributed by atoms with Crippen LogP contribution < -0.4 is 5.43 Å². The molecule has 1 rings (SSSR count). The average Bonchev–Trinajstić information content (AvgIpc) is 2.51. The van der Waals surface area contributed by atoms with Crippen molar-refractivity contribution in [2.45, 2.75) is 46.2 Å². The molecule has 0 aliphatic rings. The topological polar surface area (TPSA) is 71.4 Å². The molecule has 0 saturated carbocycles. The number of hydrogen-bond donors (Lipinski definition) is 1. The number of aromatic nitrogens is 1. The molecule has 0 unspecified atom stereocenters. The number of carbonyl (C=O) groups excluding carboxylic acids is 1. The zero-order valence-corrected chi connectivity index (χ0v) is 15.0. The molecule has 6 heteroatoms. The summed E-state index contributed by atoms with van der Waals surface area (Å²) in [5.74, 6) is -0.270. The lowest BCUT2D eigenvalue weighted by Gasteiger charge is -2.33. The highest BCUT2D eigenvalue weighted by Gasteiger charge is 2.37. The molecular formula is C16H26N3O2P. The molecule has 0 aliphatic carbocycles. The predicted octanol–water partition coefficient (Wildman–Crippen LogP) is 3.76. The monoisotopic (exact) mass is 323 g/mol. The fourth-order valence-corrected chi connectivity index (χ4v) is 5.28. The molecule has 0 aliphatic heterocycles. The van der Waals surface area contributed by atoms with E-state index in [1.54, 1.807) is 24.5 Å². The molecule has 1 heterocycles. The lowest BCUT2D eigenvalue weighted by Crippen LogP contribution is -2.27. The first-order valence-electron chi connectivity index (χ1n) is 7.57. The first kappa shape index (κ1) is 18.6.